The van der Waals surface area contributed by atoms with E-state index >= 15 is 0 Å². The Bertz CT molecular complexity index is 1100. The lowest BCUT2D eigenvalue weighted by molar-refractivity contribution is 0.0756. The number of amides is 1. The molecule has 0 unspecified atom stereocenters. The molecule has 1 amide bonds. The van der Waals surface area contributed by atoms with Gasteiger partial charge in [-0.05, 0) is 51.8 Å². The molecule has 0 saturated carbocycles. The molecule has 1 saturated heterocycles. The SMILES string of the molecule is O=C(c1cc2cc(Br)cc(Br)c2oc1=O)N1CCS[C@@H]1c1ccc(Cl)cc1. The van der Waals surface area contributed by atoms with Crippen LogP contribution in [0.3, 0.4) is 0 Å². The van der Waals surface area contributed by atoms with Crippen LogP contribution >= 0.6 is 55.2 Å². The summed E-state index contributed by atoms with van der Waals surface area (Å²) in [6.45, 7) is 0.566. The summed E-state index contributed by atoms with van der Waals surface area (Å²) >= 11 is 14.4. The van der Waals surface area contributed by atoms with E-state index in [4.69, 9.17) is 16.0 Å². The van der Waals surface area contributed by atoms with Gasteiger partial charge in [0.05, 0.1) is 4.47 Å². The molecule has 0 bridgehead atoms. The van der Waals surface area contributed by atoms with E-state index in [2.05, 4.69) is 31.9 Å². The summed E-state index contributed by atoms with van der Waals surface area (Å²) in [4.78, 5) is 27.3. The third-order valence-corrected chi connectivity index (χ3v) is 6.85. The van der Waals surface area contributed by atoms with E-state index in [0.29, 0.717) is 27.0 Å². The highest BCUT2D eigenvalue weighted by molar-refractivity contribution is 9.11. The molecule has 0 aliphatic carbocycles. The largest absolute Gasteiger partial charge is 0.421 e. The zero-order chi connectivity index (χ0) is 19.1. The standard InChI is InChI=1S/C19H12Br2ClNO3S/c20-12-7-11-8-14(19(25)26-16(11)15(21)9-12)17(24)23-5-6-27-18(23)10-1-3-13(22)4-2-10/h1-4,7-9,18H,5-6H2/t18-/m1/s1. The molecule has 3 aromatic rings. The fourth-order valence-corrected chi connectivity index (χ4v) is 5.76. The van der Waals surface area contributed by atoms with Gasteiger partial charge in [-0.3, -0.25) is 4.79 Å². The molecule has 1 atom stereocenters. The molecule has 1 fully saturated rings. The van der Waals surface area contributed by atoms with Gasteiger partial charge >= 0.3 is 5.63 Å². The first-order chi connectivity index (χ1) is 12.9. The Labute approximate surface area is 181 Å². The van der Waals surface area contributed by atoms with Crippen LogP contribution in [0.2, 0.25) is 5.02 Å². The van der Waals surface area contributed by atoms with Crippen molar-refractivity contribution in [2.45, 2.75) is 5.37 Å². The van der Waals surface area contributed by atoms with Crippen LogP contribution in [0.1, 0.15) is 21.3 Å². The van der Waals surface area contributed by atoms with Crippen molar-refractivity contribution in [3.8, 4) is 0 Å². The molecule has 1 aliphatic rings. The van der Waals surface area contributed by atoms with Crippen LogP contribution in [0.5, 0.6) is 0 Å². The average molecular weight is 530 g/mol. The molecular weight excluding hydrogens is 518 g/mol. The van der Waals surface area contributed by atoms with Crippen LogP contribution in [-0.4, -0.2) is 23.1 Å². The maximum atomic E-state index is 13.1. The van der Waals surface area contributed by atoms with E-state index in [-0.39, 0.29) is 16.8 Å². The lowest BCUT2D eigenvalue weighted by atomic mass is 10.1. The summed E-state index contributed by atoms with van der Waals surface area (Å²) in [5.41, 5.74) is 0.798. The molecule has 138 valence electrons. The summed E-state index contributed by atoms with van der Waals surface area (Å²) in [5.74, 6) is 0.474. The fourth-order valence-electron chi connectivity index (χ4n) is 3.04. The van der Waals surface area contributed by atoms with E-state index in [1.165, 1.54) is 0 Å². The van der Waals surface area contributed by atoms with Crippen molar-refractivity contribution < 1.29 is 9.21 Å². The molecule has 1 aromatic heterocycles. The van der Waals surface area contributed by atoms with Gasteiger partial charge in [0, 0.05) is 27.2 Å². The van der Waals surface area contributed by atoms with Gasteiger partial charge in [-0.15, -0.1) is 11.8 Å². The van der Waals surface area contributed by atoms with Crippen LogP contribution in [-0.2, 0) is 0 Å². The second-order valence-electron chi connectivity index (χ2n) is 6.03. The number of thioether (sulfide) groups is 1. The monoisotopic (exact) mass is 527 g/mol. The first-order valence-corrected chi connectivity index (χ1v) is 11.1. The van der Waals surface area contributed by atoms with Gasteiger partial charge in [0.15, 0.2) is 5.58 Å². The summed E-state index contributed by atoms with van der Waals surface area (Å²) in [6, 6.07) is 12.6. The summed E-state index contributed by atoms with van der Waals surface area (Å²) in [5, 5.41) is 1.17. The number of rotatable bonds is 2. The molecular formula is C19H12Br2ClNO3S. The van der Waals surface area contributed by atoms with Crippen molar-refractivity contribution in [3.05, 3.63) is 78.0 Å². The third kappa shape index (κ3) is 3.70. The predicted octanol–water partition coefficient (Wildman–Crippen LogP) is 5.86. The molecule has 0 radical (unpaired) electrons. The number of hydrogen-bond acceptors (Lipinski definition) is 4. The minimum Gasteiger partial charge on any atom is -0.421 e. The second kappa shape index (κ2) is 7.62. The van der Waals surface area contributed by atoms with Gasteiger partial charge in [-0.2, -0.15) is 0 Å². The van der Waals surface area contributed by atoms with E-state index < -0.39 is 5.63 Å². The van der Waals surface area contributed by atoms with E-state index in [9.17, 15) is 9.59 Å². The minimum atomic E-state index is -0.637. The first kappa shape index (κ1) is 19.1. The predicted molar refractivity (Wildman–Crippen MR) is 116 cm³/mol. The number of halogens is 3. The summed E-state index contributed by atoms with van der Waals surface area (Å²) in [7, 11) is 0. The minimum absolute atomic E-state index is 0.0361. The summed E-state index contributed by atoms with van der Waals surface area (Å²) in [6.07, 6.45) is 0. The molecule has 4 nitrogen and oxygen atoms in total. The second-order valence-corrected chi connectivity index (χ2v) is 9.42. The van der Waals surface area contributed by atoms with Crippen molar-refractivity contribution >= 4 is 72.1 Å². The lowest BCUT2D eigenvalue weighted by Crippen LogP contribution is -2.33. The van der Waals surface area contributed by atoms with Crippen molar-refractivity contribution in [3.63, 3.8) is 0 Å². The van der Waals surface area contributed by atoms with E-state index in [0.717, 1.165) is 15.8 Å². The van der Waals surface area contributed by atoms with E-state index in [1.807, 2.05) is 18.2 Å². The molecule has 1 aliphatic heterocycles. The summed E-state index contributed by atoms with van der Waals surface area (Å²) < 4.78 is 6.90. The molecule has 8 heteroatoms. The topological polar surface area (TPSA) is 50.5 Å². The molecule has 0 N–H and O–H groups in total. The van der Waals surface area contributed by atoms with Crippen LogP contribution in [0, 0.1) is 0 Å². The zero-order valence-electron chi connectivity index (χ0n) is 13.7. The Hall–Kier alpha value is -1.28. The Kier molecular flexibility index (Phi) is 5.38. The maximum absolute atomic E-state index is 13.1. The van der Waals surface area contributed by atoms with Gasteiger partial charge in [0.25, 0.3) is 5.91 Å². The average Bonchev–Trinajstić information content (AvgIpc) is 3.11. The molecule has 2 aromatic carbocycles. The number of benzene rings is 2. The molecule has 4 rings (SSSR count). The quantitative estimate of drug-likeness (QED) is 0.391. The number of hydrogen-bond donors (Lipinski definition) is 0. The highest BCUT2D eigenvalue weighted by atomic mass is 79.9. The maximum Gasteiger partial charge on any atom is 0.349 e. The molecule has 0 spiro atoms. The smallest absolute Gasteiger partial charge is 0.349 e. The Morgan fingerprint density at radius 1 is 1.19 bits per heavy atom. The number of carbonyl (C=O) groups excluding carboxylic acids is 1. The highest BCUT2D eigenvalue weighted by Gasteiger charge is 2.33. The van der Waals surface area contributed by atoms with Gasteiger partial charge in [-0.1, -0.05) is 39.7 Å². The van der Waals surface area contributed by atoms with Crippen LogP contribution < -0.4 is 5.63 Å². The highest BCUT2D eigenvalue weighted by Crippen LogP contribution is 2.39. The molecule has 2 heterocycles. The number of fused-ring (bicyclic) bond motifs is 1. The Morgan fingerprint density at radius 3 is 2.67 bits per heavy atom. The zero-order valence-corrected chi connectivity index (χ0v) is 18.5. The van der Waals surface area contributed by atoms with Crippen LogP contribution in [0.15, 0.2) is 60.6 Å². The Balaban J connectivity index is 1.74. The van der Waals surface area contributed by atoms with Crippen LogP contribution in [0.4, 0.5) is 0 Å². The van der Waals surface area contributed by atoms with Gasteiger partial charge in [0.2, 0.25) is 0 Å². The van der Waals surface area contributed by atoms with Crippen molar-refractivity contribution in [2.75, 3.05) is 12.3 Å². The van der Waals surface area contributed by atoms with Gasteiger partial charge < -0.3 is 9.32 Å². The lowest BCUT2D eigenvalue weighted by Gasteiger charge is -2.24. The van der Waals surface area contributed by atoms with Crippen molar-refractivity contribution in [2.24, 2.45) is 0 Å². The fraction of sp³-hybridized carbons (Fsp3) is 0.158. The van der Waals surface area contributed by atoms with Gasteiger partial charge in [0.1, 0.15) is 10.9 Å². The first-order valence-electron chi connectivity index (χ1n) is 8.05. The normalized spacial score (nSPS) is 16.9. The van der Waals surface area contributed by atoms with Gasteiger partial charge in [-0.25, -0.2) is 4.79 Å². The van der Waals surface area contributed by atoms with Crippen molar-refractivity contribution in [1.29, 1.82) is 0 Å². The van der Waals surface area contributed by atoms with Crippen molar-refractivity contribution in [1.82, 2.24) is 4.90 Å². The van der Waals surface area contributed by atoms with E-state index in [1.54, 1.807) is 40.9 Å². The van der Waals surface area contributed by atoms with Crippen LogP contribution in [0.25, 0.3) is 11.0 Å². The third-order valence-electron chi connectivity index (χ3n) is 4.29. The molecule has 27 heavy (non-hydrogen) atoms. The Morgan fingerprint density at radius 2 is 1.93 bits per heavy atom. The number of nitrogens with zero attached hydrogens (tertiary/aromatic N) is 1. The number of carbonyl (C=O) groups is 1.